The van der Waals surface area contributed by atoms with Gasteiger partial charge in [0.1, 0.15) is 11.1 Å². The predicted octanol–water partition coefficient (Wildman–Crippen LogP) is 5.54. The first kappa shape index (κ1) is 20.7. The van der Waals surface area contributed by atoms with E-state index in [-0.39, 0.29) is 16.5 Å². The summed E-state index contributed by atoms with van der Waals surface area (Å²) in [6.45, 7) is 1.40. The maximum Gasteiger partial charge on any atom is 0.417 e. The smallest absolute Gasteiger partial charge is 0.325 e. The number of amides is 1. The number of hydrogen-bond donors (Lipinski definition) is 1. The van der Waals surface area contributed by atoms with E-state index in [0.29, 0.717) is 5.69 Å². The maximum atomic E-state index is 13.1. The van der Waals surface area contributed by atoms with Gasteiger partial charge >= 0.3 is 6.18 Å². The lowest BCUT2D eigenvalue weighted by Gasteiger charge is -2.13. The second-order valence-corrected chi connectivity index (χ2v) is 7.89. The summed E-state index contributed by atoms with van der Waals surface area (Å²) in [7, 11) is 0. The number of rotatable bonds is 4. The van der Waals surface area contributed by atoms with Crippen molar-refractivity contribution in [1.82, 2.24) is 4.98 Å². The molecule has 2 rings (SSSR count). The Labute approximate surface area is 168 Å². The van der Waals surface area contributed by atoms with Crippen molar-refractivity contribution in [2.75, 3.05) is 11.1 Å². The summed E-state index contributed by atoms with van der Waals surface area (Å²) >= 11 is 7.37. The van der Waals surface area contributed by atoms with E-state index in [4.69, 9.17) is 5.26 Å². The minimum Gasteiger partial charge on any atom is -0.325 e. The second-order valence-electron chi connectivity index (χ2n) is 5.10. The molecule has 0 spiro atoms. The molecule has 0 radical (unpaired) electrons. The van der Waals surface area contributed by atoms with Gasteiger partial charge in [0, 0.05) is 20.3 Å². The van der Waals surface area contributed by atoms with Crippen molar-refractivity contribution >= 4 is 55.2 Å². The number of nitrogens with zero attached hydrogens (tertiary/aromatic N) is 2. The first-order valence-electron chi connectivity index (χ1n) is 6.98. The van der Waals surface area contributed by atoms with Crippen LogP contribution in [0.15, 0.2) is 38.2 Å². The van der Waals surface area contributed by atoms with Crippen LogP contribution in [0.5, 0.6) is 0 Å². The zero-order chi connectivity index (χ0) is 19.5. The summed E-state index contributed by atoms with van der Waals surface area (Å²) in [5.74, 6) is -0.618. The largest absolute Gasteiger partial charge is 0.417 e. The Bertz CT molecular complexity index is 877. The van der Waals surface area contributed by atoms with Crippen LogP contribution in [0, 0.1) is 18.3 Å². The Hall–Kier alpha value is -1.57. The van der Waals surface area contributed by atoms with Crippen LogP contribution >= 0.6 is 43.6 Å². The SMILES string of the molecule is Cc1cc(C(F)(F)F)c(C#N)c(SCC(=O)Nc2cc(Br)cc(Br)c2)n1. The molecule has 136 valence electrons. The lowest BCUT2D eigenvalue weighted by molar-refractivity contribution is -0.138. The highest BCUT2D eigenvalue weighted by Crippen LogP contribution is 2.35. The van der Waals surface area contributed by atoms with E-state index in [9.17, 15) is 18.0 Å². The molecule has 0 aliphatic rings. The van der Waals surface area contributed by atoms with Gasteiger partial charge in [0.15, 0.2) is 0 Å². The summed E-state index contributed by atoms with van der Waals surface area (Å²) in [5, 5.41) is 11.6. The van der Waals surface area contributed by atoms with E-state index in [1.165, 1.54) is 13.0 Å². The zero-order valence-electron chi connectivity index (χ0n) is 13.1. The van der Waals surface area contributed by atoms with Gasteiger partial charge in [0.2, 0.25) is 5.91 Å². The minimum absolute atomic E-state index is 0.120. The minimum atomic E-state index is -4.67. The summed E-state index contributed by atoms with van der Waals surface area (Å²) < 4.78 is 40.7. The van der Waals surface area contributed by atoms with Crippen molar-refractivity contribution in [3.8, 4) is 6.07 Å². The summed E-state index contributed by atoms with van der Waals surface area (Å²) in [5.41, 5.74) is -0.988. The van der Waals surface area contributed by atoms with Gasteiger partial charge in [-0.2, -0.15) is 18.4 Å². The van der Waals surface area contributed by atoms with Crippen LogP contribution in [0.4, 0.5) is 18.9 Å². The lowest BCUT2D eigenvalue weighted by atomic mass is 10.1. The third-order valence-electron chi connectivity index (χ3n) is 3.02. The van der Waals surface area contributed by atoms with Crippen molar-refractivity contribution in [2.45, 2.75) is 18.1 Å². The summed E-state index contributed by atoms with van der Waals surface area (Å²) in [6.07, 6.45) is -4.67. The number of pyridine rings is 1. The predicted molar refractivity (Wildman–Crippen MR) is 99.9 cm³/mol. The summed E-state index contributed by atoms with van der Waals surface area (Å²) in [6, 6.07) is 7.51. The van der Waals surface area contributed by atoms with Crippen LogP contribution in [0.3, 0.4) is 0 Å². The molecule has 10 heteroatoms. The molecule has 0 bridgehead atoms. The van der Waals surface area contributed by atoms with Crippen molar-refractivity contribution < 1.29 is 18.0 Å². The highest BCUT2D eigenvalue weighted by Gasteiger charge is 2.35. The molecule has 0 atom stereocenters. The fourth-order valence-electron chi connectivity index (χ4n) is 2.04. The number of carbonyl (C=O) groups is 1. The van der Waals surface area contributed by atoms with E-state index < -0.39 is 23.2 Å². The Kier molecular flexibility index (Phi) is 6.71. The fraction of sp³-hybridized carbons (Fsp3) is 0.188. The Balaban J connectivity index is 2.17. The molecule has 2 aromatic rings. The van der Waals surface area contributed by atoms with E-state index in [0.717, 1.165) is 26.8 Å². The molecule has 1 amide bonds. The molecule has 26 heavy (non-hydrogen) atoms. The monoisotopic (exact) mass is 507 g/mol. The van der Waals surface area contributed by atoms with Crippen LogP contribution in [-0.2, 0) is 11.0 Å². The Morgan fingerprint density at radius 3 is 2.42 bits per heavy atom. The number of halogens is 5. The van der Waals surface area contributed by atoms with Crippen LogP contribution in [0.1, 0.15) is 16.8 Å². The Morgan fingerprint density at radius 1 is 1.27 bits per heavy atom. The molecular formula is C16H10Br2F3N3OS. The molecule has 0 aliphatic carbocycles. The van der Waals surface area contributed by atoms with Crippen molar-refractivity contribution in [2.24, 2.45) is 0 Å². The number of benzene rings is 1. The molecular weight excluding hydrogens is 499 g/mol. The number of hydrogen-bond acceptors (Lipinski definition) is 4. The first-order valence-corrected chi connectivity index (χ1v) is 9.55. The average Bonchev–Trinajstić information content (AvgIpc) is 2.50. The highest BCUT2D eigenvalue weighted by molar-refractivity contribution is 9.11. The molecule has 0 saturated heterocycles. The lowest BCUT2D eigenvalue weighted by Crippen LogP contribution is -2.15. The standard InChI is InChI=1S/C16H10Br2F3N3OS/c1-8-2-13(16(19,20)21)12(6-22)15(23-8)26-7-14(25)24-11-4-9(17)3-10(18)5-11/h2-5H,7H2,1H3,(H,24,25). The van der Waals surface area contributed by atoms with E-state index in [1.54, 1.807) is 18.2 Å². The molecule has 0 aliphatic heterocycles. The van der Waals surface area contributed by atoms with Crippen LogP contribution in [-0.4, -0.2) is 16.6 Å². The normalized spacial score (nSPS) is 11.1. The van der Waals surface area contributed by atoms with Gasteiger partial charge in [-0.05, 0) is 31.2 Å². The molecule has 1 aromatic heterocycles. The third kappa shape index (κ3) is 5.46. The number of thioether (sulfide) groups is 1. The topological polar surface area (TPSA) is 65.8 Å². The number of nitrogens with one attached hydrogen (secondary N) is 1. The van der Waals surface area contributed by atoms with Gasteiger partial charge in [-0.3, -0.25) is 4.79 Å². The molecule has 1 heterocycles. The Morgan fingerprint density at radius 2 is 1.88 bits per heavy atom. The first-order chi connectivity index (χ1) is 12.1. The van der Waals surface area contributed by atoms with E-state index >= 15 is 0 Å². The van der Waals surface area contributed by atoms with Gasteiger partial charge in [0.05, 0.1) is 16.9 Å². The molecule has 4 nitrogen and oxygen atoms in total. The number of anilines is 1. The van der Waals surface area contributed by atoms with E-state index in [2.05, 4.69) is 42.2 Å². The van der Waals surface area contributed by atoms with Crippen molar-refractivity contribution in [3.05, 3.63) is 50.0 Å². The van der Waals surface area contributed by atoms with Gasteiger partial charge in [-0.1, -0.05) is 43.6 Å². The van der Waals surface area contributed by atoms with Gasteiger partial charge in [-0.15, -0.1) is 0 Å². The van der Waals surface area contributed by atoms with Crippen LogP contribution in [0.2, 0.25) is 0 Å². The van der Waals surface area contributed by atoms with Crippen LogP contribution < -0.4 is 5.32 Å². The molecule has 1 aromatic carbocycles. The molecule has 0 saturated carbocycles. The number of aryl methyl sites for hydroxylation is 1. The summed E-state index contributed by atoms with van der Waals surface area (Å²) in [4.78, 5) is 16.1. The number of alkyl halides is 3. The third-order valence-corrected chi connectivity index (χ3v) is 4.91. The second kappa shape index (κ2) is 8.41. The maximum absolute atomic E-state index is 13.1. The van der Waals surface area contributed by atoms with Crippen molar-refractivity contribution in [1.29, 1.82) is 5.26 Å². The van der Waals surface area contributed by atoms with Crippen LogP contribution in [0.25, 0.3) is 0 Å². The number of aromatic nitrogens is 1. The van der Waals surface area contributed by atoms with Gasteiger partial charge in [-0.25, -0.2) is 4.98 Å². The quantitative estimate of drug-likeness (QED) is 0.551. The molecule has 0 unspecified atom stereocenters. The number of carbonyl (C=O) groups excluding carboxylic acids is 1. The number of nitriles is 1. The zero-order valence-corrected chi connectivity index (χ0v) is 17.1. The highest BCUT2D eigenvalue weighted by atomic mass is 79.9. The fourth-order valence-corrected chi connectivity index (χ4v) is 4.18. The average molecular weight is 509 g/mol. The van der Waals surface area contributed by atoms with Crippen molar-refractivity contribution in [3.63, 3.8) is 0 Å². The molecule has 1 N–H and O–H groups in total. The van der Waals surface area contributed by atoms with Gasteiger partial charge < -0.3 is 5.32 Å². The van der Waals surface area contributed by atoms with E-state index in [1.807, 2.05) is 0 Å². The van der Waals surface area contributed by atoms with Gasteiger partial charge in [0.25, 0.3) is 0 Å². The molecule has 0 fully saturated rings.